The van der Waals surface area contributed by atoms with Gasteiger partial charge in [-0.2, -0.15) is 9.57 Å². The lowest BCUT2D eigenvalue weighted by atomic mass is 10.1. The van der Waals surface area contributed by atoms with Crippen LogP contribution in [0.15, 0.2) is 88.2 Å². The van der Waals surface area contributed by atoms with E-state index in [1.54, 1.807) is 30.3 Å². The first-order chi connectivity index (χ1) is 14.9. The highest BCUT2D eigenvalue weighted by molar-refractivity contribution is 9.10. The number of halogens is 1. The second-order valence-corrected chi connectivity index (χ2v) is 9.62. The van der Waals surface area contributed by atoms with Crippen molar-refractivity contribution in [2.24, 2.45) is 0 Å². The van der Waals surface area contributed by atoms with Crippen LogP contribution in [0.25, 0.3) is 0 Å². The van der Waals surface area contributed by atoms with Crippen LogP contribution in [0.4, 0.5) is 5.69 Å². The van der Waals surface area contributed by atoms with Crippen LogP contribution < -0.4 is 5.32 Å². The van der Waals surface area contributed by atoms with Crippen LogP contribution in [0.5, 0.6) is 0 Å². The molecule has 6 nitrogen and oxygen atoms in total. The molecule has 3 aromatic rings. The molecule has 1 amide bonds. The number of carbonyl (C=O) groups is 1. The van der Waals surface area contributed by atoms with E-state index in [1.807, 2.05) is 36.4 Å². The first-order valence-electron chi connectivity index (χ1n) is 9.48. The van der Waals surface area contributed by atoms with Gasteiger partial charge in [-0.1, -0.05) is 52.3 Å². The molecule has 8 heteroatoms. The third kappa shape index (κ3) is 6.25. The van der Waals surface area contributed by atoms with Gasteiger partial charge in [-0.15, -0.1) is 0 Å². The van der Waals surface area contributed by atoms with Crippen LogP contribution in [0, 0.1) is 11.3 Å². The summed E-state index contributed by atoms with van der Waals surface area (Å²) in [6.07, 6.45) is 0.466. The maximum Gasteiger partial charge on any atom is 0.243 e. The predicted molar refractivity (Wildman–Crippen MR) is 123 cm³/mol. The smallest absolute Gasteiger partial charge is 0.243 e. The quantitative estimate of drug-likeness (QED) is 0.504. The summed E-state index contributed by atoms with van der Waals surface area (Å²) < 4.78 is 28.4. The second-order valence-electron chi connectivity index (χ2n) is 6.77. The number of benzene rings is 3. The van der Waals surface area contributed by atoms with Crippen LogP contribution in [-0.4, -0.2) is 31.7 Å². The Balaban J connectivity index is 1.81. The Morgan fingerprint density at radius 2 is 1.71 bits per heavy atom. The third-order valence-corrected chi connectivity index (χ3v) is 6.93. The molecule has 31 heavy (non-hydrogen) atoms. The fourth-order valence-corrected chi connectivity index (χ4v) is 4.63. The monoisotopic (exact) mass is 497 g/mol. The van der Waals surface area contributed by atoms with Crippen molar-refractivity contribution in [1.29, 1.82) is 5.26 Å². The zero-order chi connectivity index (χ0) is 22.3. The fourth-order valence-electron chi connectivity index (χ4n) is 2.97. The van der Waals surface area contributed by atoms with Crippen LogP contribution in [0.2, 0.25) is 0 Å². The molecular formula is C23H20BrN3O3S. The highest BCUT2D eigenvalue weighted by Gasteiger charge is 2.26. The maximum absolute atomic E-state index is 13.2. The van der Waals surface area contributed by atoms with Crippen molar-refractivity contribution in [2.45, 2.75) is 11.3 Å². The molecule has 0 aliphatic heterocycles. The molecule has 158 valence electrons. The normalized spacial score (nSPS) is 11.1. The maximum atomic E-state index is 13.2. The minimum atomic E-state index is -3.89. The SMILES string of the molecule is N#Cc1cccc(NC(=O)CN(CCc2ccccc2)S(=O)(=O)c2ccc(Br)cc2)c1. The summed E-state index contributed by atoms with van der Waals surface area (Å²) in [6.45, 7) is -0.198. The summed E-state index contributed by atoms with van der Waals surface area (Å²) in [5.74, 6) is -0.483. The lowest BCUT2D eigenvalue weighted by Gasteiger charge is -2.22. The van der Waals surface area contributed by atoms with E-state index in [9.17, 15) is 13.2 Å². The Labute approximate surface area is 190 Å². The number of amides is 1. The second kappa shape index (κ2) is 10.4. The summed E-state index contributed by atoms with van der Waals surface area (Å²) in [5.41, 5.74) is 1.81. The van der Waals surface area contributed by atoms with Gasteiger partial charge in [-0.25, -0.2) is 8.42 Å². The van der Waals surface area contributed by atoms with Gasteiger partial charge >= 0.3 is 0 Å². The number of hydrogen-bond acceptors (Lipinski definition) is 4. The highest BCUT2D eigenvalue weighted by Crippen LogP contribution is 2.20. The van der Waals surface area contributed by atoms with E-state index < -0.39 is 15.9 Å². The first-order valence-corrected chi connectivity index (χ1v) is 11.7. The Morgan fingerprint density at radius 3 is 2.39 bits per heavy atom. The topological polar surface area (TPSA) is 90.3 Å². The van der Waals surface area contributed by atoms with Crippen molar-refractivity contribution in [3.8, 4) is 6.07 Å². The number of hydrogen-bond donors (Lipinski definition) is 1. The number of sulfonamides is 1. The summed E-state index contributed by atoms with van der Waals surface area (Å²) in [7, 11) is -3.89. The van der Waals surface area contributed by atoms with E-state index in [4.69, 9.17) is 5.26 Å². The van der Waals surface area contributed by atoms with Crippen LogP contribution >= 0.6 is 15.9 Å². The number of rotatable bonds is 8. The summed E-state index contributed by atoms with van der Waals surface area (Å²) in [5, 5.41) is 11.7. The van der Waals surface area contributed by atoms with Gasteiger partial charge in [0.1, 0.15) is 0 Å². The van der Waals surface area contributed by atoms with E-state index in [2.05, 4.69) is 21.2 Å². The molecule has 0 fully saturated rings. The lowest BCUT2D eigenvalue weighted by molar-refractivity contribution is -0.116. The van der Waals surface area contributed by atoms with Gasteiger partial charge < -0.3 is 5.32 Å². The van der Waals surface area contributed by atoms with Gasteiger partial charge in [0, 0.05) is 16.7 Å². The minimum absolute atomic E-state index is 0.114. The minimum Gasteiger partial charge on any atom is -0.325 e. The molecule has 0 saturated carbocycles. The van der Waals surface area contributed by atoms with E-state index in [1.165, 1.54) is 22.5 Å². The average Bonchev–Trinajstić information content (AvgIpc) is 2.77. The Hall–Kier alpha value is -2.99. The van der Waals surface area contributed by atoms with Crippen molar-refractivity contribution in [1.82, 2.24) is 4.31 Å². The number of nitrogens with one attached hydrogen (secondary N) is 1. The number of anilines is 1. The van der Waals surface area contributed by atoms with Crippen LogP contribution in [0.1, 0.15) is 11.1 Å². The van der Waals surface area contributed by atoms with Crippen LogP contribution in [0.3, 0.4) is 0 Å². The molecule has 0 atom stereocenters. The lowest BCUT2D eigenvalue weighted by Crippen LogP contribution is -2.39. The Morgan fingerprint density at radius 1 is 1.00 bits per heavy atom. The van der Waals surface area contributed by atoms with Crippen molar-refractivity contribution < 1.29 is 13.2 Å². The fraction of sp³-hybridized carbons (Fsp3) is 0.130. The molecule has 0 radical (unpaired) electrons. The Kier molecular flexibility index (Phi) is 7.58. The van der Waals surface area contributed by atoms with Crippen molar-refractivity contribution in [2.75, 3.05) is 18.4 Å². The molecule has 0 aromatic heterocycles. The van der Waals surface area contributed by atoms with Gasteiger partial charge in [0.15, 0.2) is 0 Å². The molecule has 0 aliphatic rings. The number of nitriles is 1. The van der Waals surface area contributed by atoms with Gasteiger partial charge in [0.25, 0.3) is 0 Å². The van der Waals surface area contributed by atoms with E-state index in [0.29, 0.717) is 17.7 Å². The molecule has 0 heterocycles. The van der Waals surface area contributed by atoms with Crippen molar-refractivity contribution >= 4 is 37.5 Å². The van der Waals surface area contributed by atoms with Gasteiger partial charge in [-0.3, -0.25) is 4.79 Å². The van der Waals surface area contributed by atoms with Crippen molar-refractivity contribution in [3.05, 3.63) is 94.5 Å². The summed E-state index contributed by atoms with van der Waals surface area (Å²) in [4.78, 5) is 12.8. The Bertz CT molecular complexity index is 1190. The molecular weight excluding hydrogens is 478 g/mol. The molecule has 0 aliphatic carbocycles. The molecule has 1 N–H and O–H groups in total. The summed E-state index contributed by atoms with van der Waals surface area (Å²) >= 11 is 3.30. The van der Waals surface area contributed by atoms with E-state index in [0.717, 1.165) is 10.0 Å². The number of nitrogens with zero attached hydrogens (tertiary/aromatic N) is 2. The largest absolute Gasteiger partial charge is 0.325 e. The first kappa shape index (κ1) is 22.7. The predicted octanol–water partition coefficient (Wildman–Crippen LogP) is 4.19. The molecule has 0 unspecified atom stereocenters. The molecule has 0 spiro atoms. The molecule has 0 bridgehead atoms. The van der Waals surface area contributed by atoms with Crippen molar-refractivity contribution in [3.63, 3.8) is 0 Å². The van der Waals surface area contributed by atoms with E-state index >= 15 is 0 Å². The number of carbonyl (C=O) groups excluding carboxylic acids is 1. The molecule has 0 saturated heterocycles. The molecule has 3 aromatic carbocycles. The zero-order valence-electron chi connectivity index (χ0n) is 16.5. The highest BCUT2D eigenvalue weighted by atomic mass is 79.9. The van der Waals surface area contributed by atoms with Crippen LogP contribution in [-0.2, 0) is 21.2 Å². The average molecular weight is 498 g/mol. The van der Waals surface area contributed by atoms with Gasteiger partial charge in [0.2, 0.25) is 15.9 Å². The van der Waals surface area contributed by atoms with E-state index in [-0.39, 0.29) is 18.0 Å². The molecule has 3 rings (SSSR count). The summed E-state index contributed by atoms with van der Waals surface area (Å²) in [6, 6.07) is 24.3. The van der Waals surface area contributed by atoms with Gasteiger partial charge in [0.05, 0.1) is 23.1 Å². The zero-order valence-corrected chi connectivity index (χ0v) is 18.9. The van der Waals surface area contributed by atoms with Gasteiger partial charge in [-0.05, 0) is 54.4 Å². The third-order valence-electron chi connectivity index (χ3n) is 4.54. The standard InChI is InChI=1S/C23H20BrN3O3S/c24-20-9-11-22(12-10-20)31(29,30)27(14-13-18-5-2-1-3-6-18)17-23(28)26-21-8-4-7-19(15-21)16-25/h1-12,15H,13-14,17H2,(H,26,28).